The van der Waals surface area contributed by atoms with Crippen LogP contribution in [-0.4, -0.2) is 30.2 Å². The van der Waals surface area contributed by atoms with Gasteiger partial charge in [0.2, 0.25) is 5.95 Å². The van der Waals surface area contributed by atoms with Crippen LogP contribution in [0.2, 0.25) is 0 Å². The highest BCUT2D eigenvalue weighted by Gasteiger charge is 2.03. The van der Waals surface area contributed by atoms with E-state index in [1.54, 1.807) is 6.20 Å². The van der Waals surface area contributed by atoms with Crippen LogP contribution >= 0.6 is 0 Å². The van der Waals surface area contributed by atoms with Gasteiger partial charge in [0.05, 0.1) is 0 Å². The van der Waals surface area contributed by atoms with Crippen molar-refractivity contribution in [3.05, 3.63) is 36.7 Å². The molecular weight excluding hydrogens is 212 g/mol. The predicted molar refractivity (Wildman–Crippen MR) is 72.1 cm³/mol. The Hall–Kier alpha value is -1.97. The van der Waals surface area contributed by atoms with Crippen LogP contribution in [0.1, 0.15) is 6.92 Å². The van der Waals surface area contributed by atoms with Crippen molar-refractivity contribution in [2.75, 3.05) is 30.9 Å². The molecular formula is C13H18N4. The zero-order chi connectivity index (χ0) is 12.3. The van der Waals surface area contributed by atoms with E-state index in [1.165, 1.54) is 5.69 Å². The minimum absolute atomic E-state index is 0.868. The Kier molecular flexibility index (Phi) is 3.32. The summed E-state index contributed by atoms with van der Waals surface area (Å²) in [5.74, 6) is 0.880. The first-order valence-electron chi connectivity index (χ1n) is 5.77. The zero-order valence-electron chi connectivity index (χ0n) is 10.5. The summed E-state index contributed by atoms with van der Waals surface area (Å²) in [7, 11) is 4.08. The molecule has 4 nitrogen and oxygen atoms in total. The topological polar surface area (TPSA) is 33.1 Å². The van der Waals surface area contributed by atoms with Crippen molar-refractivity contribution >= 4 is 11.6 Å². The number of nitrogens with zero attached hydrogens (tertiary/aromatic N) is 3. The SMILES string of the molecule is CCNc1nccn1-c1ccc(N(C)C)cc1. The number of aromatic nitrogens is 2. The number of nitrogens with one attached hydrogen (secondary N) is 1. The predicted octanol–water partition coefficient (Wildman–Crippen LogP) is 2.37. The van der Waals surface area contributed by atoms with Gasteiger partial charge in [-0.05, 0) is 31.2 Å². The van der Waals surface area contributed by atoms with Crippen LogP contribution in [0.25, 0.3) is 5.69 Å². The second kappa shape index (κ2) is 4.91. The first-order valence-corrected chi connectivity index (χ1v) is 5.77. The number of anilines is 2. The van der Waals surface area contributed by atoms with Crippen LogP contribution < -0.4 is 10.2 Å². The van der Waals surface area contributed by atoms with Gasteiger partial charge in [-0.3, -0.25) is 4.57 Å². The van der Waals surface area contributed by atoms with Gasteiger partial charge in [0.25, 0.3) is 0 Å². The van der Waals surface area contributed by atoms with Crippen LogP contribution in [0.5, 0.6) is 0 Å². The van der Waals surface area contributed by atoms with E-state index in [-0.39, 0.29) is 0 Å². The van der Waals surface area contributed by atoms with Gasteiger partial charge in [0.1, 0.15) is 0 Å². The molecule has 0 saturated carbocycles. The molecule has 0 saturated heterocycles. The third kappa shape index (κ3) is 2.41. The fourth-order valence-corrected chi connectivity index (χ4v) is 1.71. The normalized spacial score (nSPS) is 10.3. The molecule has 2 aromatic rings. The van der Waals surface area contributed by atoms with E-state index in [0.29, 0.717) is 0 Å². The summed E-state index contributed by atoms with van der Waals surface area (Å²) in [6.45, 7) is 2.93. The smallest absolute Gasteiger partial charge is 0.207 e. The summed E-state index contributed by atoms with van der Waals surface area (Å²) in [5, 5.41) is 3.23. The number of hydrogen-bond donors (Lipinski definition) is 1. The van der Waals surface area contributed by atoms with Gasteiger partial charge in [-0.2, -0.15) is 0 Å². The van der Waals surface area contributed by atoms with Crippen molar-refractivity contribution in [3.63, 3.8) is 0 Å². The lowest BCUT2D eigenvalue weighted by atomic mass is 10.2. The number of hydrogen-bond acceptors (Lipinski definition) is 3. The highest BCUT2D eigenvalue weighted by molar-refractivity contribution is 5.51. The molecule has 0 unspecified atom stereocenters. The molecule has 1 N–H and O–H groups in total. The van der Waals surface area contributed by atoms with Gasteiger partial charge < -0.3 is 10.2 Å². The van der Waals surface area contributed by atoms with Gasteiger partial charge in [-0.1, -0.05) is 0 Å². The Labute approximate surface area is 102 Å². The molecule has 0 aliphatic carbocycles. The second-order valence-corrected chi connectivity index (χ2v) is 4.06. The van der Waals surface area contributed by atoms with Crippen LogP contribution in [0, 0.1) is 0 Å². The maximum Gasteiger partial charge on any atom is 0.207 e. The van der Waals surface area contributed by atoms with Gasteiger partial charge in [0, 0.05) is 44.4 Å². The van der Waals surface area contributed by atoms with E-state index in [9.17, 15) is 0 Å². The standard InChI is InChI=1S/C13H18N4/c1-4-14-13-15-9-10-17(13)12-7-5-11(6-8-12)16(2)3/h5-10H,4H2,1-3H3,(H,14,15). The van der Waals surface area contributed by atoms with E-state index >= 15 is 0 Å². The Balaban J connectivity index is 2.30. The Morgan fingerprint density at radius 3 is 2.53 bits per heavy atom. The molecule has 0 aliphatic heterocycles. The van der Waals surface area contributed by atoms with Crippen molar-refractivity contribution in [1.29, 1.82) is 0 Å². The summed E-state index contributed by atoms with van der Waals surface area (Å²) < 4.78 is 2.04. The monoisotopic (exact) mass is 230 g/mol. The van der Waals surface area contributed by atoms with E-state index in [4.69, 9.17) is 0 Å². The first-order chi connectivity index (χ1) is 8.22. The van der Waals surface area contributed by atoms with E-state index in [0.717, 1.165) is 18.2 Å². The lowest BCUT2D eigenvalue weighted by Gasteiger charge is -2.14. The molecule has 0 amide bonds. The molecule has 90 valence electrons. The minimum Gasteiger partial charge on any atom is -0.378 e. The summed E-state index contributed by atoms with van der Waals surface area (Å²) in [4.78, 5) is 6.37. The van der Waals surface area contributed by atoms with Crippen molar-refractivity contribution in [2.45, 2.75) is 6.92 Å². The fourth-order valence-electron chi connectivity index (χ4n) is 1.71. The maximum atomic E-state index is 4.28. The quantitative estimate of drug-likeness (QED) is 0.875. The summed E-state index contributed by atoms with van der Waals surface area (Å²) in [6, 6.07) is 8.39. The van der Waals surface area contributed by atoms with Gasteiger partial charge in [-0.15, -0.1) is 0 Å². The molecule has 0 radical (unpaired) electrons. The molecule has 1 heterocycles. The van der Waals surface area contributed by atoms with E-state index in [2.05, 4.69) is 46.4 Å². The van der Waals surface area contributed by atoms with Crippen LogP contribution in [-0.2, 0) is 0 Å². The largest absolute Gasteiger partial charge is 0.378 e. The van der Waals surface area contributed by atoms with Crippen molar-refractivity contribution < 1.29 is 0 Å². The third-order valence-corrected chi connectivity index (χ3v) is 2.62. The lowest BCUT2D eigenvalue weighted by molar-refractivity contribution is 1.02. The maximum absolute atomic E-state index is 4.28. The average Bonchev–Trinajstić information content (AvgIpc) is 2.78. The molecule has 4 heteroatoms. The number of benzene rings is 1. The molecule has 0 atom stereocenters. The van der Waals surface area contributed by atoms with Crippen molar-refractivity contribution in [1.82, 2.24) is 9.55 Å². The van der Waals surface area contributed by atoms with Crippen LogP contribution in [0.15, 0.2) is 36.7 Å². The van der Waals surface area contributed by atoms with Gasteiger partial charge in [-0.25, -0.2) is 4.98 Å². The van der Waals surface area contributed by atoms with Crippen molar-refractivity contribution in [2.24, 2.45) is 0 Å². The van der Waals surface area contributed by atoms with Gasteiger partial charge in [0.15, 0.2) is 0 Å². The number of imidazole rings is 1. The molecule has 17 heavy (non-hydrogen) atoms. The number of rotatable bonds is 4. The highest BCUT2D eigenvalue weighted by atomic mass is 15.2. The Bertz CT molecular complexity index is 470. The van der Waals surface area contributed by atoms with E-state index < -0.39 is 0 Å². The second-order valence-electron chi connectivity index (χ2n) is 4.06. The summed E-state index contributed by atoms with van der Waals surface area (Å²) in [6.07, 6.45) is 3.76. The average molecular weight is 230 g/mol. The zero-order valence-corrected chi connectivity index (χ0v) is 10.5. The molecule has 0 bridgehead atoms. The third-order valence-electron chi connectivity index (χ3n) is 2.62. The van der Waals surface area contributed by atoms with Crippen molar-refractivity contribution in [3.8, 4) is 5.69 Å². The van der Waals surface area contributed by atoms with Crippen LogP contribution in [0.4, 0.5) is 11.6 Å². The molecule has 0 fully saturated rings. The van der Waals surface area contributed by atoms with Crippen LogP contribution in [0.3, 0.4) is 0 Å². The molecule has 1 aromatic heterocycles. The molecule has 0 aliphatic rings. The summed E-state index contributed by atoms with van der Waals surface area (Å²) >= 11 is 0. The first kappa shape index (κ1) is 11.5. The lowest BCUT2D eigenvalue weighted by Crippen LogP contribution is -2.09. The minimum atomic E-state index is 0.868. The molecule has 2 rings (SSSR count). The molecule has 0 spiro atoms. The van der Waals surface area contributed by atoms with Gasteiger partial charge >= 0.3 is 0 Å². The Morgan fingerprint density at radius 1 is 1.24 bits per heavy atom. The summed E-state index contributed by atoms with van der Waals surface area (Å²) in [5.41, 5.74) is 2.31. The fraction of sp³-hybridized carbons (Fsp3) is 0.308. The molecule has 1 aromatic carbocycles. The van der Waals surface area contributed by atoms with E-state index in [1.807, 2.05) is 24.9 Å². The highest BCUT2D eigenvalue weighted by Crippen LogP contribution is 2.18. The Morgan fingerprint density at radius 2 is 1.94 bits per heavy atom.